The standard InChI is InChI=1S/C17H24N2O5/c20-11-15-16(21)13(5-8-24-15)18-17(22)12-3-1-2-4-14(12)19-6-9-23-10-7-19/h1-4,13,15-16,20-21H,5-11H2,(H,18,22)/t13-,15+,16-/m0/s1. The van der Waals surface area contributed by atoms with Crippen LogP contribution in [0.3, 0.4) is 0 Å². The molecule has 0 saturated carbocycles. The molecular weight excluding hydrogens is 312 g/mol. The van der Waals surface area contributed by atoms with Gasteiger partial charge in [-0.15, -0.1) is 0 Å². The molecule has 132 valence electrons. The minimum Gasteiger partial charge on any atom is -0.394 e. The Morgan fingerprint density at radius 3 is 2.75 bits per heavy atom. The van der Waals surface area contributed by atoms with E-state index in [1.54, 1.807) is 6.07 Å². The first-order valence-electron chi connectivity index (χ1n) is 8.34. The van der Waals surface area contributed by atoms with Crippen molar-refractivity contribution in [3.8, 4) is 0 Å². The number of hydrogen-bond donors (Lipinski definition) is 3. The van der Waals surface area contributed by atoms with Crippen LogP contribution in [0.5, 0.6) is 0 Å². The number of benzene rings is 1. The third-order valence-corrected chi connectivity index (χ3v) is 4.55. The molecular formula is C17H24N2O5. The van der Waals surface area contributed by atoms with Gasteiger partial charge < -0.3 is 29.9 Å². The average molecular weight is 336 g/mol. The summed E-state index contributed by atoms with van der Waals surface area (Å²) in [6.07, 6.45) is -1.05. The number of morpholine rings is 1. The van der Waals surface area contributed by atoms with E-state index in [-0.39, 0.29) is 12.5 Å². The summed E-state index contributed by atoms with van der Waals surface area (Å²) >= 11 is 0. The summed E-state index contributed by atoms with van der Waals surface area (Å²) in [6.45, 7) is 2.92. The molecule has 2 saturated heterocycles. The highest BCUT2D eigenvalue weighted by molar-refractivity contribution is 6.00. The zero-order valence-corrected chi connectivity index (χ0v) is 13.6. The van der Waals surface area contributed by atoms with Crippen LogP contribution in [0.4, 0.5) is 5.69 Å². The zero-order chi connectivity index (χ0) is 16.9. The number of para-hydroxylation sites is 1. The summed E-state index contributed by atoms with van der Waals surface area (Å²) in [7, 11) is 0. The summed E-state index contributed by atoms with van der Waals surface area (Å²) in [5, 5.41) is 22.3. The van der Waals surface area contributed by atoms with Crippen LogP contribution in [0.1, 0.15) is 16.8 Å². The summed E-state index contributed by atoms with van der Waals surface area (Å²) in [4.78, 5) is 14.9. The Bertz CT molecular complexity index is 562. The van der Waals surface area contributed by atoms with E-state index < -0.39 is 18.2 Å². The average Bonchev–Trinajstić information content (AvgIpc) is 2.64. The van der Waals surface area contributed by atoms with Crippen LogP contribution in [0.15, 0.2) is 24.3 Å². The molecule has 2 heterocycles. The minimum absolute atomic E-state index is 0.222. The van der Waals surface area contributed by atoms with Crippen LogP contribution < -0.4 is 10.2 Å². The molecule has 2 aliphatic heterocycles. The van der Waals surface area contributed by atoms with Gasteiger partial charge in [-0.2, -0.15) is 0 Å². The lowest BCUT2D eigenvalue weighted by Gasteiger charge is -2.35. The zero-order valence-electron chi connectivity index (χ0n) is 13.6. The first kappa shape index (κ1) is 17.2. The monoisotopic (exact) mass is 336 g/mol. The fourth-order valence-electron chi connectivity index (χ4n) is 3.18. The third kappa shape index (κ3) is 3.70. The van der Waals surface area contributed by atoms with E-state index >= 15 is 0 Å². The van der Waals surface area contributed by atoms with Gasteiger partial charge in [-0.05, 0) is 18.6 Å². The molecule has 1 aromatic rings. The third-order valence-electron chi connectivity index (χ3n) is 4.55. The molecule has 0 spiro atoms. The lowest BCUT2D eigenvalue weighted by atomic mass is 9.99. The van der Waals surface area contributed by atoms with E-state index in [0.29, 0.717) is 31.8 Å². The number of aliphatic hydroxyl groups is 2. The Hall–Kier alpha value is -1.67. The normalized spacial score (nSPS) is 27.8. The highest BCUT2D eigenvalue weighted by Crippen LogP contribution is 2.22. The van der Waals surface area contributed by atoms with Crippen LogP contribution in [0, 0.1) is 0 Å². The van der Waals surface area contributed by atoms with Gasteiger partial charge in [-0.25, -0.2) is 0 Å². The fourth-order valence-corrected chi connectivity index (χ4v) is 3.18. The Kier molecular flexibility index (Phi) is 5.68. The van der Waals surface area contributed by atoms with Crippen molar-refractivity contribution in [1.29, 1.82) is 0 Å². The van der Waals surface area contributed by atoms with Crippen molar-refractivity contribution in [2.24, 2.45) is 0 Å². The molecule has 0 unspecified atom stereocenters. The molecule has 1 aromatic carbocycles. The van der Waals surface area contributed by atoms with E-state index in [4.69, 9.17) is 9.47 Å². The van der Waals surface area contributed by atoms with Gasteiger partial charge in [0.25, 0.3) is 5.91 Å². The molecule has 2 fully saturated rings. The SMILES string of the molecule is O=C(N[C@H]1CCO[C@H](CO)[C@H]1O)c1ccccc1N1CCOCC1. The summed E-state index contributed by atoms with van der Waals surface area (Å²) in [6, 6.07) is 7.02. The second kappa shape index (κ2) is 7.94. The number of carbonyl (C=O) groups excluding carboxylic acids is 1. The number of hydrogen-bond acceptors (Lipinski definition) is 6. The van der Waals surface area contributed by atoms with Gasteiger partial charge >= 0.3 is 0 Å². The van der Waals surface area contributed by atoms with Gasteiger partial charge in [-0.3, -0.25) is 4.79 Å². The number of aliphatic hydroxyl groups excluding tert-OH is 2. The summed E-state index contributed by atoms with van der Waals surface area (Å²) < 4.78 is 10.7. The van der Waals surface area contributed by atoms with E-state index in [0.717, 1.165) is 18.8 Å². The predicted octanol–water partition coefficient (Wildman–Crippen LogP) is -0.236. The molecule has 7 heteroatoms. The molecule has 0 aromatic heterocycles. The molecule has 7 nitrogen and oxygen atoms in total. The molecule has 3 N–H and O–H groups in total. The number of anilines is 1. The van der Waals surface area contributed by atoms with Gasteiger partial charge in [0.05, 0.1) is 31.4 Å². The number of carbonyl (C=O) groups is 1. The number of nitrogens with one attached hydrogen (secondary N) is 1. The molecule has 0 radical (unpaired) electrons. The highest BCUT2D eigenvalue weighted by atomic mass is 16.5. The maximum Gasteiger partial charge on any atom is 0.253 e. The first-order chi connectivity index (χ1) is 11.7. The lowest BCUT2D eigenvalue weighted by Crippen LogP contribution is -2.54. The van der Waals surface area contributed by atoms with E-state index in [9.17, 15) is 15.0 Å². The second-order valence-electron chi connectivity index (χ2n) is 6.07. The quantitative estimate of drug-likeness (QED) is 0.703. The Balaban J connectivity index is 1.73. The van der Waals surface area contributed by atoms with Crippen LogP contribution in [0.2, 0.25) is 0 Å². The Labute approximate surface area is 141 Å². The van der Waals surface area contributed by atoms with Crippen molar-refractivity contribution in [3.05, 3.63) is 29.8 Å². The maximum atomic E-state index is 12.7. The number of ether oxygens (including phenoxy) is 2. The second-order valence-corrected chi connectivity index (χ2v) is 6.07. The van der Waals surface area contributed by atoms with E-state index in [1.165, 1.54) is 0 Å². The van der Waals surface area contributed by atoms with Gasteiger partial charge in [0, 0.05) is 25.4 Å². The van der Waals surface area contributed by atoms with Crippen molar-refractivity contribution in [3.63, 3.8) is 0 Å². The van der Waals surface area contributed by atoms with Gasteiger partial charge in [0.15, 0.2) is 0 Å². The minimum atomic E-state index is -0.914. The molecule has 2 aliphatic rings. The lowest BCUT2D eigenvalue weighted by molar-refractivity contribution is -0.107. The van der Waals surface area contributed by atoms with Crippen molar-refractivity contribution < 1.29 is 24.5 Å². The van der Waals surface area contributed by atoms with E-state index in [1.807, 2.05) is 18.2 Å². The first-order valence-corrected chi connectivity index (χ1v) is 8.34. The van der Waals surface area contributed by atoms with Gasteiger partial charge in [-0.1, -0.05) is 12.1 Å². The number of nitrogens with zero attached hydrogens (tertiary/aromatic N) is 1. The van der Waals surface area contributed by atoms with Crippen molar-refractivity contribution in [1.82, 2.24) is 5.32 Å². The van der Waals surface area contributed by atoms with Crippen molar-refractivity contribution in [2.75, 3.05) is 44.4 Å². The number of amides is 1. The van der Waals surface area contributed by atoms with E-state index in [2.05, 4.69) is 10.2 Å². The van der Waals surface area contributed by atoms with Crippen LogP contribution in [-0.2, 0) is 9.47 Å². The van der Waals surface area contributed by atoms with Crippen LogP contribution in [-0.4, -0.2) is 73.9 Å². The molecule has 0 aliphatic carbocycles. The maximum absolute atomic E-state index is 12.7. The Morgan fingerprint density at radius 1 is 1.25 bits per heavy atom. The molecule has 1 amide bonds. The molecule has 24 heavy (non-hydrogen) atoms. The van der Waals surface area contributed by atoms with Crippen LogP contribution in [0.25, 0.3) is 0 Å². The highest BCUT2D eigenvalue weighted by Gasteiger charge is 2.33. The smallest absolute Gasteiger partial charge is 0.253 e. The van der Waals surface area contributed by atoms with Crippen molar-refractivity contribution in [2.45, 2.75) is 24.7 Å². The molecule has 3 atom stereocenters. The Morgan fingerprint density at radius 2 is 2.00 bits per heavy atom. The van der Waals surface area contributed by atoms with Crippen LogP contribution >= 0.6 is 0 Å². The summed E-state index contributed by atoms with van der Waals surface area (Å²) in [5.41, 5.74) is 1.46. The predicted molar refractivity (Wildman–Crippen MR) is 88.2 cm³/mol. The largest absolute Gasteiger partial charge is 0.394 e. The molecule has 3 rings (SSSR count). The van der Waals surface area contributed by atoms with Crippen molar-refractivity contribution >= 4 is 11.6 Å². The van der Waals surface area contributed by atoms with Gasteiger partial charge in [0.1, 0.15) is 12.2 Å². The summed E-state index contributed by atoms with van der Waals surface area (Å²) in [5.74, 6) is -0.222. The fraction of sp³-hybridized carbons (Fsp3) is 0.588. The topological polar surface area (TPSA) is 91.3 Å². The molecule has 0 bridgehead atoms. The number of rotatable bonds is 4. The van der Waals surface area contributed by atoms with Gasteiger partial charge in [0.2, 0.25) is 0 Å².